The molecule has 0 radical (unpaired) electrons. The average molecular weight is 335 g/mol. The molecule has 0 aliphatic carbocycles. The summed E-state index contributed by atoms with van der Waals surface area (Å²) in [5.41, 5.74) is -0.509. The lowest BCUT2D eigenvalue weighted by Gasteiger charge is -2.24. The number of hydrogen-bond donors (Lipinski definition) is 1. The lowest BCUT2D eigenvalue weighted by atomic mass is 9.88. The van der Waals surface area contributed by atoms with Crippen LogP contribution in [0.15, 0.2) is 24.3 Å². The Labute approximate surface area is 142 Å². The highest BCUT2D eigenvalue weighted by Crippen LogP contribution is 2.32. The number of ether oxygens (including phenoxy) is 2. The molecule has 1 amide bonds. The molecule has 2 rings (SSSR count). The number of carboxylic acids is 1. The Balaban J connectivity index is 2.09. The topological polar surface area (TPSA) is 76.1 Å². The van der Waals surface area contributed by atoms with Gasteiger partial charge in [-0.2, -0.15) is 0 Å². The summed E-state index contributed by atoms with van der Waals surface area (Å²) in [5.74, 6) is -0.0544. The lowest BCUT2D eigenvalue weighted by Crippen LogP contribution is -2.40. The van der Waals surface area contributed by atoms with Crippen LogP contribution in [-0.2, 0) is 9.53 Å². The van der Waals surface area contributed by atoms with Crippen molar-refractivity contribution in [3.8, 4) is 5.75 Å². The van der Waals surface area contributed by atoms with Crippen LogP contribution in [0.1, 0.15) is 30.6 Å². The van der Waals surface area contributed by atoms with Crippen molar-refractivity contribution in [2.75, 3.05) is 33.4 Å². The van der Waals surface area contributed by atoms with E-state index in [0.29, 0.717) is 36.8 Å². The van der Waals surface area contributed by atoms with E-state index < -0.39 is 11.4 Å². The van der Waals surface area contributed by atoms with Crippen molar-refractivity contribution < 1.29 is 24.2 Å². The Morgan fingerprint density at radius 3 is 2.75 bits per heavy atom. The van der Waals surface area contributed by atoms with Crippen LogP contribution in [0.4, 0.5) is 0 Å². The molecule has 24 heavy (non-hydrogen) atoms. The van der Waals surface area contributed by atoms with Gasteiger partial charge in [0.05, 0.1) is 13.2 Å². The number of likely N-dealkylation sites (tertiary alicyclic amines) is 1. The molecule has 6 nitrogen and oxygen atoms in total. The number of nitrogens with zero attached hydrogens (tertiary/aromatic N) is 1. The molecule has 1 unspecified atom stereocenters. The van der Waals surface area contributed by atoms with Crippen LogP contribution >= 0.6 is 0 Å². The van der Waals surface area contributed by atoms with Gasteiger partial charge in [-0.1, -0.05) is 19.9 Å². The first kappa shape index (κ1) is 18.3. The van der Waals surface area contributed by atoms with Crippen LogP contribution in [0.2, 0.25) is 0 Å². The highest BCUT2D eigenvalue weighted by Gasteiger charge is 2.46. The van der Waals surface area contributed by atoms with E-state index in [2.05, 4.69) is 13.8 Å². The Morgan fingerprint density at radius 1 is 1.38 bits per heavy atom. The molecule has 1 heterocycles. The molecule has 1 atom stereocenters. The highest BCUT2D eigenvalue weighted by atomic mass is 16.5. The van der Waals surface area contributed by atoms with E-state index in [1.165, 1.54) is 7.11 Å². The van der Waals surface area contributed by atoms with Gasteiger partial charge >= 0.3 is 5.97 Å². The number of amides is 1. The normalized spacial score (nSPS) is 20.4. The number of rotatable bonds is 7. The molecule has 6 heteroatoms. The SMILES string of the molecule is COCC1(C(=O)O)CCN(C(=O)c2cccc(OCC(C)C)c2)C1. The Hall–Kier alpha value is -2.08. The molecular weight excluding hydrogens is 310 g/mol. The molecule has 1 aliphatic heterocycles. The summed E-state index contributed by atoms with van der Waals surface area (Å²) < 4.78 is 10.7. The zero-order valence-corrected chi connectivity index (χ0v) is 14.4. The first-order chi connectivity index (χ1) is 11.4. The molecule has 1 aliphatic rings. The van der Waals surface area contributed by atoms with E-state index in [4.69, 9.17) is 9.47 Å². The predicted octanol–water partition coefficient (Wildman–Crippen LogP) is 2.28. The maximum Gasteiger partial charge on any atom is 0.313 e. The fraction of sp³-hybridized carbons (Fsp3) is 0.556. The monoisotopic (exact) mass is 335 g/mol. The van der Waals surface area contributed by atoms with Gasteiger partial charge in [-0.3, -0.25) is 9.59 Å². The zero-order valence-electron chi connectivity index (χ0n) is 14.4. The van der Waals surface area contributed by atoms with Crippen molar-refractivity contribution in [2.45, 2.75) is 20.3 Å². The number of carbonyl (C=O) groups is 2. The molecular formula is C18H25NO5. The van der Waals surface area contributed by atoms with Gasteiger partial charge in [0.15, 0.2) is 0 Å². The maximum absolute atomic E-state index is 12.7. The largest absolute Gasteiger partial charge is 0.493 e. The summed E-state index contributed by atoms with van der Waals surface area (Å²) in [5, 5.41) is 9.49. The van der Waals surface area contributed by atoms with Gasteiger partial charge in [0.25, 0.3) is 5.91 Å². The minimum Gasteiger partial charge on any atom is -0.493 e. The third-order valence-corrected chi connectivity index (χ3v) is 4.18. The molecule has 1 saturated heterocycles. The summed E-state index contributed by atoms with van der Waals surface area (Å²) in [7, 11) is 1.48. The van der Waals surface area contributed by atoms with Crippen LogP contribution in [0.3, 0.4) is 0 Å². The molecule has 0 spiro atoms. The quantitative estimate of drug-likeness (QED) is 0.827. The van der Waals surface area contributed by atoms with Gasteiger partial charge in [-0.15, -0.1) is 0 Å². The number of benzene rings is 1. The van der Waals surface area contributed by atoms with E-state index in [-0.39, 0.29) is 19.1 Å². The minimum absolute atomic E-state index is 0.101. The molecule has 0 saturated carbocycles. The van der Waals surface area contributed by atoms with Crippen molar-refractivity contribution in [3.63, 3.8) is 0 Å². The summed E-state index contributed by atoms with van der Waals surface area (Å²) >= 11 is 0. The van der Waals surface area contributed by atoms with Crippen LogP contribution in [0.5, 0.6) is 5.75 Å². The Kier molecular flexibility index (Phi) is 5.83. The molecule has 132 valence electrons. The number of hydrogen-bond acceptors (Lipinski definition) is 4. The number of carboxylic acid groups (broad SMARTS) is 1. The molecule has 1 N–H and O–H groups in total. The second-order valence-electron chi connectivity index (χ2n) is 6.73. The Morgan fingerprint density at radius 2 is 2.12 bits per heavy atom. The first-order valence-electron chi connectivity index (χ1n) is 8.12. The van der Waals surface area contributed by atoms with Gasteiger partial charge in [0.1, 0.15) is 11.2 Å². The highest BCUT2D eigenvalue weighted by molar-refractivity contribution is 5.95. The van der Waals surface area contributed by atoms with Crippen molar-refractivity contribution in [2.24, 2.45) is 11.3 Å². The predicted molar refractivity (Wildman–Crippen MR) is 89.2 cm³/mol. The minimum atomic E-state index is -1.02. The standard InChI is InChI=1S/C18H25NO5/c1-13(2)10-24-15-6-4-5-14(9-15)16(20)19-8-7-18(11-19,12-23-3)17(21)22/h4-6,9,13H,7-8,10-12H2,1-3H3,(H,21,22). The molecule has 0 bridgehead atoms. The molecule has 0 aromatic heterocycles. The van der Waals surface area contributed by atoms with Gasteiger partial charge in [-0.05, 0) is 30.5 Å². The fourth-order valence-corrected chi connectivity index (χ4v) is 2.84. The molecule has 1 aromatic carbocycles. The summed E-state index contributed by atoms with van der Waals surface area (Å²) in [6, 6.07) is 7.03. The second kappa shape index (κ2) is 7.66. The van der Waals surface area contributed by atoms with Crippen LogP contribution < -0.4 is 4.74 Å². The van der Waals surface area contributed by atoms with Gasteiger partial charge in [-0.25, -0.2) is 0 Å². The first-order valence-corrected chi connectivity index (χ1v) is 8.12. The third-order valence-electron chi connectivity index (χ3n) is 4.18. The van der Waals surface area contributed by atoms with Crippen molar-refractivity contribution in [3.05, 3.63) is 29.8 Å². The summed E-state index contributed by atoms with van der Waals surface area (Å²) in [6.45, 7) is 5.36. The van der Waals surface area contributed by atoms with E-state index in [9.17, 15) is 14.7 Å². The smallest absolute Gasteiger partial charge is 0.313 e. The fourth-order valence-electron chi connectivity index (χ4n) is 2.84. The number of aliphatic carboxylic acids is 1. The van der Waals surface area contributed by atoms with Crippen LogP contribution in [0, 0.1) is 11.3 Å². The van der Waals surface area contributed by atoms with Crippen molar-refractivity contribution in [1.29, 1.82) is 0 Å². The second-order valence-corrected chi connectivity index (χ2v) is 6.73. The van der Waals surface area contributed by atoms with E-state index >= 15 is 0 Å². The number of carbonyl (C=O) groups excluding carboxylic acids is 1. The third kappa shape index (κ3) is 4.06. The Bertz CT molecular complexity index is 601. The van der Waals surface area contributed by atoms with Gasteiger partial charge in [0.2, 0.25) is 0 Å². The summed E-state index contributed by atoms with van der Waals surface area (Å²) in [6.07, 6.45) is 0.394. The van der Waals surface area contributed by atoms with Crippen LogP contribution in [-0.4, -0.2) is 55.3 Å². The molecule has 1 aromatic rings. The zero-order chi connectivity index (χ0) is 17.7. The van der Waals surface area contributed by atoms with Crippen LogP contribution in [0.25, 0.3) is 0 Å². The van der Waals surface area contributed by atoms with E-state index in [1.54, 1.807) is 23.1 Å². The van der Waals surface area contributed by atoms with Crippen molar-refractivity contribution in [1.82, 2.24) is 4.90 Å². The summed E-state index contributed by atoms with van der Waals surface area (Å²) in [4.78, 5) is 25.8. The van der Waals surface area contributed by atoms with Crippen molar-refractivity contribution >= 4 is 11.9 Å². The van der Waals surface area contributed by atoms with E-state index in [1.807, 2.05) is 6.07 Å². The van der Waals surface area contributed by atoms with Gasteiger partial charge < -0.3 is 19.5 Å². The molecule has 1 fully saturated rings. The van der Waals surface area contributed by atoms with E-state index in [0.717, 1.165) is 0 Å². The van der Waals surface area contributed by atoms with Gasteiger partial charge in [0, 0.05) is 25.8 Å². The average Bonchev–Trinajstić information content (AvgIpc) is 2.98. The maximum atomic E-state index is 12.7. The number of methoxy groups -OCH3 is 1. The lowest BCUT2D eigenvalue weighted by molar-refractivity contribution is -0.151.